The molecule has 1 aromatic rings. The highest BCUT2D eigenvalue weighted by atomic mass is 35.5. The van der Waals surface area contributed by atoms with E-state index < -0.39 is 12.8 Å². The first-order valence-corrected chi connectivity index (χ1v) is 7.20. The highest BCUT2D eigenvalue weighted by molar-refractivity contribution is 5.90. The molecule has 0 bridgehead atoms. The lowest BCUT2D eigenvalue weighted by atomic mass is 10.1. The average molecular weight is 355 g/mol. The van der Waals surface area contributed by atoms with Gasteiger partial charge in [-0.05, 0) is 31.5 Å². The molecule has 23 heavy (non-hydrogen) atoms. The van der Waals surface area contributed by atoms with Crippen LogP contribution in [0.25, 0.3) is 0 Å². The van der Waals surface area contributed by atoms with E-state index in [1.807, 2.05) is 0 Å². The van der Waals surface area contributed by atoms with Gasteiger partial charge in [-0.15, -0.1) is 12.4 Å². The molecule has 3 N–H and O–H groups in total. The van der Waals surface area contributed by atoms with Crippen LogP contribution in [0.5, 0.6) is 5.75 Å². The molecule has 1 rings (SSSR count). The van der Waals surface area contributed by atoms with Gasteiger partial charge >= 0.3 is 6.18 Å². The maximum atomic E-state index is 12.1. The van der Waals surface area contributed by atoms with E-state index >= 15 is 0 Å². The molecule has 0 fully saturated rings. The van der Waals surface area contributed by atoms with Crippen molar-refractivity contribution >= 4 is 24.0 Å². The minimum Gasteiger partial charge on any atom is -0.484 e. The Balaban J connectivity index is 0.00000484. The molecule has 132 valence electrons. The Morgan fingerprint density at radius 2 is 1.87 bits per heavy atom. The molecule has 4 nitrogen and oxygen atoms in total. The van der Waals surface area contributed by atoms with Crippen LogP contribution in [0.15, 0.2) is 24.3 Å². The number of hydrogen-bond donors (Lipinski definition) is 2. The number of amides is 1. The molecule has 0 atom stereocenters. The number of hydrogen-bond acceptors (Lipinski definition) is 3. The van der Waals surface area contributed by atoms with E-state index in [2.05, 4.69) is 10.1 Å². The summed E-state index contributed by atoms with van der Waals surface area (Å²) in [5, 5.41) is 2.65. The minimum atomic E-state index is -4.39. The Kier molecular flexibility index (Phi) is 10.4. The molecule has 0 spiro atoms. The fourth-order valence-corrected chi connectivity index (χ4v) is 1.84. The lowest BCUT2D eigenvalue weighted by Gasteiger charge is -2.11. The second kappa shape index (κ2) is 11.1. The summed E-state index contributed by atoms with van der Waals surface area (Å²) in [5.74, 6) is -0.0983. The molecule has 0 unspecified atom stereocenters. The van der Waals surface area contributed by atoms with Gasteiger partial charge in [0.05, 0.1) is 0 Å². The first-order valence-electron chi connectivity index (χ1n) is 7.20. The molecule has 1 amide bonds. The summed E-state index contributed by atoms with van der Waals surface area (Å²) in [6.45, 7) is -0.706. The van der Waals surface area contributed by atoms with Crippen LogP contribution in [-0.4, -0.2) is 25.2 Å². The molecule has 0 saturated heterocycles. The summed E-state index contributed by atoms with van der Waals surface area (Å²) in [6.07, 6.45) is -0.388. The van der Waals surface area contributed by atoms with Gasteiger partial charge in [0.25, 0.3) is 0 Å². The topological polar surface area (TPSA) is 64.4 Å². The molecule has 0 saturated carbocycles. The second-order valence-electron chi connectivity index (χ2n) is 4.93. The quantitative estimate of drug-likeness (QED) is 0.661. The maximum absolute atomic E-state index is 12.1. The third kappa shape index (κ3) is 10.8. The fourth-order valence-electron chi connectivity index (χ4n) is 1.84. The summed E-state index contributed by atoms with van der Waals surface area (Å²) in [4.78, 5) is 11.7. The van der Waals surface area contributed by atoms with E-state index in [4.69, 9.17) is 5.73 Å². The number of benzene rings is 1. The van der Waals surface area contributed by atoms with Crippen molar-refractivity contribution in [3.63, 3.8) is 0 Å². The molecule has 0 radical (unpaired) electrons. The predicted molar refractivity (Wildman–Crippen MR) is 86.0 cm³/mol. The van der Waals surface area contributed by atoms with Crippen molar-refractivity contribution < 1.29 is 22.7 Å². The van der Waals surface area contributed by atoms with Crippen molar-refractivity contribution in [2.75, 3.05) is 18.5 Å². The summed E-state index contributed by atoms with van der Waals surface area (Å²) in [6, 6.07) is 5.92. The first-order chi connectivity index (χ1) is 10.4. The maximum Gasteiger partial charge on any atom is 0.422 e. The number of rotatable bonds is 9. The number of carbonyl (C=O) groups is 1. The van der Waals surface area contributed by atoms with Crippen LogP contribution in [0.3, 0.4) is 0 Å². The summed E-state index contributed by atoms with van der Waals surface area (Å²) >= 11 is 0. The van der Waals surface area contributed by atoms with Crippen LogP contribution < -0.4 is 15.8 Å². The second-order valence-corrected chi connectivity index (χ2v) is 4.93. The van der Waals surface area contributed by atoms with Gasteiger partial charge in [0.2, 0.25) is 5.91 Å². The third-order valence-electron chi connectivity index (χ3n) is 2.88. The number of nitrogens with two attached hydrogens (primary N) is 1. The van der Waals surface area contributed by atoms with Gasteiger partial charge in [0, 0.05) is 18.2 Å². The predicted octanol–water partition coefficient (Wildman–Crippen LogP) is 3.90. The van der Waals surface area contributed by atoms with Crippen molar-refractivity contribution in [2.45, 2.75) is 38.3 Å². The molecular formula is C15H22ClF3N2O2. The highest BCUT2D eigenvalue weighted by Gasteiger charge is 2.28. The standard InChI is InChI=1S/C15H21F3N2O2.ClH/c16-15(17,18)11-22-13-7-5-6-12(10-13)20-14(21)8-3-1-2-4-9-19;/h5-7,10H,1-4,8-9,11,19H2,(H,20,21);1H. The molecule has 0 heterocycles. The first kappa shape index (κ1) is 21.5. The lowest BCUT2D eigenvalue weighted by molar-refractivity contribution is -0.153. The number of unbranched alkanes of at least 4 members (excludes halogenated alkanes) is 3. The van der Waals surface area contributed by atoms with Gasteiger partial charge in [-0.3, -0.25) is 4.79 Å². The van der Waals surface area contributed by atoms with Crippen molar-refractivity contribution in [1.82, 2.24) is 0 Å². The fraction of sp³-hybridized carbons (Fsp3) is 0.533. The van der Waals surface area contributed by atoms with Gasteiger partial charge in [0.1, 0.15) is 5.75 Å². The molecular weight excluding hydrogens is 333 g/mol. The molecule has 0 aliphatic heterocycles. The van der Waals surface area contributed by atoms with E-state index in [0.29, 0.717) is 18.7 Å². The average Bonchev–Trinajstić information content (AvgIpc) is 2.44. The van der Waals surface area contributed by atoms with Gasteiger partial charge in [-0.1, -0.05) is 18.9 Å². The van der Waals surface area contributed by atoms with E-state index in [0.717, 1.165) is 25.7 Å². The molecule has 0 aliphatic carbocycles. The van der Waals surface area contributed by atoms with Gasteiger partial charge in [-0.2, -0.15) is 13.2 Å². The normalized spacial score (nSPS) is 10.8. The monoisotopic (exact) mass is 354 g/mol. The van der Waals surface area contributed by atoms with Crippen LogP contribution in [0, 0.1) is 0 Å². The van der Waals surface area contributed by atoms with Crippen molar-refractivity contribution in [3.8, 4) is 5.75 Å². The molecule has 0 aliphatic rings. The van der Waals surface area contributed by atoms with Crippen LogP contribution >= 0.6 is 12.4 Å². The Bertz CT molecular complexity index is 470. The summed E-state index contributed by atoms with van der Waals surface area (Å²) in [5.41, 5.74) is 5.80. The largest absolute Gasteiger partial charge is 0.484 e. The van der Waals surface area contributed by atoms with E-state index in [1.54, 1.807) is 6.07 Å². The Hall–Kier alpha value is -1.47. The smallest absolute Gasteiger partial charge is 0.422 e. The lowest BCUT2D eigenvalue weighted by Crippen LogP contribution is -2.19. The Labute approximate surface area is 140 Å². The molecule has 1 aromatic carbocycles. The zero-order chi connectivity index (χ0) is 16.4. The summed E-state index contributed by atoms with van der Waals surface area (Å²) in [7, 11) is 0. The molecule has 8 heteroatoms. The number of halogens is 4. The zero-order valence-electron chi connectivity index (χ0n) is 12.7. The van der Waals surface area contributed by atoms with Gasteiger partial charge in [-0.25, -0.2) is 0 Å². The van der Waals surface area contributed by atoms with Crippen LogP contribution in [0.4, 0.5) is 18.9 Å². The van der Waals surface area contributed by atoms with Crippen LogP contribution in [-0.2, 0) is 4.79 Å². The summed E-state index contributed by atoms with van der Waals surface area (Å²) < 4.78 is 40.9. The SMILES string of the molecule is Cl.NCCCCCCC(=O)Nc1cccc(OCC(F)(F)F)c1. The van der Waals surface area contributed by atoms with Crippen molar-refractivity contribution in [3.05, 3.63) is 24.3 Å². The number of nitrogens with one attached hydrogen (secondary N) is 1. The van der Waals surface area contributed by atoms with E-state index in [-0.39, 0.29) is 24.1 Å². The third-order valence-corrected chi connectivity index (χ3v) is 2.88. The van der Waals surface area contributed by atoms with E-state index in [1.165, 1.54) is 18.2 Å². The van der Waals surface area contributed by atoms with Gasteiger partial charge in [0.15, 0.2) is 6.61 Å². The number of carbonyl (C=O) groups excluding carboxylic acids is 1. The zero-order valence-corrected chi connectivity index (χ0v) is 13.5. The van der Waals surface area contributed by atoms with Crippen LogP contribution in [0.2, 0.25) is 0 Å². The molecule has 0 aromatic heterocycles. The van der Waals surface area contributed by atoms with Crippen molar-refractivity contribution in [2.24, 2.45) is 5.73 Å². The van der Waals surface area contributed by atoms with E-state index in [9.17, 15) is 18.0 Å². The highest BCUT2D eigenvalue weighted by Crippen LogP contribution is 2.21. The minimum absolute atomic E-state index is 0. The Morgan fingerprint density at radius 3 is 2.52 bits per heavy atom. The number of alkyl halides is 3. The van der Waals surface area contributed by atoms with Gasteiger partial charge < -0.3 is 15.8 Å². The Morgan fingerprint density at radius 1 is 1.17 bits per heavy atom. The number of ether oxygens (including phenoxy) is 1. The van der Waals surface area contributed by atoms with Crippen LogP contribution in [0.1, 0.15) is 32.1 Å². The van der Waals surface area contributed by atoms with Crippen molar-refractivity contribution in [1.29, 1.82) is 0 Å². The number of anilines is 1.